The van der Waals surface area contributed by atoms with Crippen LogP contribution >= 0.6 is 0 Å². The van der Waals surface area contributed by atoms with E-state index in [-0.39, 0.29) is 54.7 Å². The van der Waals surface area contributed by atoms with Crippen LogP contribution in [0.4, 0.5) is 9.59 Å². The number of hydrogen-bond donors (Lipinski definition) is 2. The highest BCUT2D eigenvalue weighted by molar-refractivity contribution is 6.45. The molecule has 2 saturated heterocycles. The van der Waals surface area contributed by atoms with Gasteiger partial charge in [0.05, 0.1) is 31.2 Å². The molecular formula is C43H57BN2O13. The Kier molecular flexibility index (Phi) is 12.4. The van der Waals surface area contributed by atoms with Crippen LogP contribution in [0.25, 0.3) is 0 Å². The first-order chi connectivity index (χ1) is 27.5. The molecule has 2 aliphatic heterocycles. The summed E-state index contributed by atoms with van der Waals surface area (Å²) in [6.45, 7) is 16.7. The van der Waals surface area contributed by atoms with Crippen molar-refractivity contribution in [3.63, 3.8) is 0 Å². The van der Waals surface area contributed by atoms with Gasteiger partial charge in [0.2, 0.25) is 5.91 Å². The van der Waals surface area contributed by atoms with Crippen molar-refractivity contribution in [3.8, 4) is 11.5 Å². The summed E-state index contributed by atoms with van der Waals surface area (Å²) in [4.78, 5) is 66.6. The molecule has 2 heterocycles. The van der Waals surface area contributed by atoms with Gasteiger partial charge >= 0.3 is 31.3 Å². The van der Waals surface area contributed by atoms with Crippen LogP contribution in [0.15, 0.2) is 42.5 Å². The number of likely N-dealkylation sites (tertiary alicyclic amines) is 1. The number of ether oxygens (including phenoxy) is 5. The van der Waals surface area contributed by atoms with Gasteiger partial charge in [0.15, 0.2) is 5.75 Å². The third-order valence-corrected chi connectivity index (χ3v) is 11.7. The third kappa shape index (κ3) is 10.1. The lowest BCUT2D eigenvalue weighted by molar-refractivity contribution is -0.199. The van der Waals surface area contributed by atoms with E-state index in [9.17, 15) is 29.1 Å². The molecule has 3 aliphatic carbocycles. The number of carboxylic acid groups (broad SMARTS) is 1. The minimum absolute atomic E-state index is 0.00239. The molecule has 15 nitrogen and oxygen atoms in total. The molecule has 5 fully saturated rings. The van der Waals surface area contributed by atoms with E-state index in [1.165, 1.54) is 11.0 Å². The van der Waals surface area contributed by atoms with Crippen LogP contribution in [0.2, 0.25) is 6.32 Å². The van der Waals surface area contributed by atoms with Gasteiger partial charge in [-0.3, -0.25) is 9.59 Å². The standard InChI is InChI=1S/C43H57BN2O13/c1-40(2,3)56-38(51)45-29(21-33(47)53-24-25-13-11-10-12-14-25)36(48)46-22-28(23-46)54-30-16-15-26(35(34(30)37(49)50)55-39(52)57-41(4,5)6)17-18-44-58-32-20-27-19-31(42(27,7)8)43(32,9)59-44/h10-16,27-29,31-32H,17-24H2,1-9H3,(H,45,51)(H,49,50)/t27-,29+,31-,32+,43-/m0/s1. The second-order valence-corrected chi connectivity index (χ2v) is 18.8. The number of carboxylic acids is 1. The molecule has 0 radical (unpaired) electrons. The molecule has 2 aromatic rings. The van der Waals surface area contributed by atoms with E-state index >= 15 is 0 Å². The molecule has 5 atom stereocenters. The van der Waals surface area contributed by atoms with Gasteiger partial charge in [-0.2, -0.15) is 0 Å². The van der Waals surface area contributed by atoms with Crippen molar-refractivity contribution in [2.24, 2.45) is 17.3 Å². The average molecular weight is 821 g/mol. The Morgan fingerprint density at radius 2 is 1.63 bits per heavy atom. The number of esters is 1. The highest BCUT2D eigenvalue weighted by Crippen LogP contribution is 2.65. The van der Waals surface area contributed by atoms with E-state index in [0.717, 1.165) is 18.4 Å². The largest absolute Gasteiger partial charge is 0.514 e. The van der Waals surface area contributed by atoms with Crippen LogP contribution in [0.1, 0.15) is 103 Å². The van der Waals surface area contributed by atoms with E-state index in [0.29, 0.717) is 23.7 Å². The normalized spacial score (nSPS) is 23.8. The number of nitrogens with zero attached hydrogens (tertiary/aromatic N) is 1. The van der Waals surface area contributed by atoms with Crippen LogP contribution in [-0.4, -0.2) is 95.4 Å². The molecule has 2 aromatic carbocycles. The van der Waals surface area contributed by atoms with Crippen LogP contribution in [0.5, 0.6) is 11.5 Å². The van der Waals surface area contributed by atoms with Crippen LogP contribution in [0.3, 0.4) is 0 Å². The number of hydrogen-bond acceptors (Lipinski definition) is 12. The molecule has 2 bridgehead atoms. The zero-order valence-corrected chi connectivity index (χ0v) is 35.5. The van der Waals surface area contributed by atoms with Crippen LogP contribution in [0, 0.1) is 17.3 Å². The Bertz CT molecular complexity index is 1920. The second-order valence-electron chi connectivity index (χ2n) is 18.8. The van der Waals surface area contributed by atoms with Crippen molar-refractivity contribution in [3.05, 3.63) is 59.2 Å². The first-order valence-corrected chi connectivity index (χ1v) is 20.3. The van der Waals surface area contributed by atoms with E-state index < -0.39 is 72.6 Å². The second kappa shape index (κ2) is 16.7. The number of aromatic carboxylic acids is 1. The van der Waals surface area contributed by atoms with Gasteiger partial charge < -0.3 is 48.3 Å². The van der Waals surface area contributed by atoms with Crippen LogP contribution in [-0.2, 0) is 46.1 Å². The number of benzene rings is 2. The number of alkyl carbamates (subject to hydrolysis) is 1. The zero-order valence-electron chi connectivity index (χ0n) is 35.5. The lowest BCUT2D eigenvalue weighted by atomic mass is 9.43. The van der Waals surface area contributed by atoms with Gasteiger partial charge in [0.1, 0.15) is 41.3 Å². The van der Waals surface area contributed by atoms with Gasteiger partial charge in [-0.25, -0.2) is 14.4 Å². The maximum absolute atomic E-state index is 13.7. The molecule has 5 aliphatic rings. The summed E-state index contributed by atoms with van der Waals surface area (Å²) in [5.74, 6) is -2.05. The Balaban J connectivity index is 1.14. The minimum Gasteiger partial charge on any atom is -0.486 e. The van der Waals surface area contributed by atoms with Crippen molar-refractivity contribution in [1.82, 2.24) is 10.2 Å². The number of carbonyl (C=O) groups excluding carboxylic acids is 4. The zero-order chi connectivity index (χ0) is 43.1. The maximum Gasteiger partial charge on any atom is 0.514 e. The van der Waals surface area contributed by atoms with Crippen molar-refractivity contribution < 1.29 is 62.1 Å². The summed E-state index contributed by atoms with van der Waals surface area (Å²) in [6.07, 6.45) is -0.470. The van der Waals surface area contributed by atoms with Crippen molar-refractivity contribution in [2.75, 3.05) is 13.1 Å². The molecule has 16 heteroatoms. The van der Waals surface area contributed by atoms with Gasteiger partial charge in [-0.15, -0.1) is 0 Å². The highest BCUT2D eigenvalue weighted by atomic mass is 16.7. The summed E-state index contributed by atoms with van der Waals surface area (Å²) in [5.41, 5.74) is -1.25. The van der Waals surface area contributed by atoms with Crippen molar-refractivity contribution in [2.45, 2.75) is 136 Å². The fourth-order valence-electron chi connectivity index (χ4n) is 8.63. The quantitative estimate of drug-likeness (QED) is 0.0956. The number of amides is 2. The minimum atomic E-state index is -1.41. The average Bonchev–Trinajstić information content (AvgIpc) is 3.45. The molecule has 0 unspecified atom stereocenters. The molecule has 2 amide bonds. The summed E-state index contributed by atoms with van der Waals surface area (Å²) in [5, 5.41) is 13.0. The third-order valence-electron chi connectivity index (χ3n) is 11.7. The molecule has 59 heavy (non-hydrogen) atoms. The topological polar surface area (TPSA) is 185 Å². The van der Waals surface area contributed by atoms with Gasteiger partial charge in [-0.05, 0) is 108 Å². The predicted molar refractivity (Wildman–Crippen MR) is 214 cm³/mol. The molecule has 320 valence electrons. The van der Waals surface area contributed by atoms with Gasteiger partial charge in [0.25, 0.3) is 0 Å². The predicted octanol–water partition coefficient (Wildman–Crippen LogP) is 6.59. The highest BCUT2D eigenvalue weighted by Gasteiger charge is 2.67. The molecular weight excluding hydrogens is 763 g/mol. The molecule has 7 rings (SSSR count). The number of aryl methyl sites for hydroxylation is 1. The monoisotopic (exact) mass is 820 g/mol. The van der Waals surface area contributed by atoms with Crippen molar-refractivity contribution in [1.29, 1.82) is 0 Å². The number of rotatable bonds is 13. The van der Waals surface area contributed by atoms with E-state index in [1.54, 1.807) is 71.9 Å². The lowest BCUT2D eigenvalue weighted by Gasteiger charge is -2.64. The lowest BCUT2D eigenvalue weighted by Crippen LogP contribution is -2.65. The SMILES string of the molecule is CC(C)(C)OC(=O)N[C@H](CC(=O)OCc1ccccc1)C(=O)N1CC(Oc2ccc(CCB3O[C@@H]4C[C@@H]5C[C@@H](C5(C)C)[C@]4(C)O3)c(OC(=O)OC(C)(C)C)c2C(=O)O)C1. The Morgan fingerprint density at radius 1 is 0.949 bits per heavy atom. The first-order valence-electron chi connectivity index (χ1n) is 20.3. The fourth-order valence-corrected chi connectivity index (χ4v) is 8.63. The number of nitrogens with one attached hydrogen (secondary N) is 1. The molecule has 2 N–H and O–H groups in total. The molecule has 0 spiro atoms. The summed E-state index contributed by atoms with van der Waals surface area (Å²) < 4.78 is 40.9. The Hall–Kier alpha value is -4.83. The van der Waals surface area contributed by atoms with Gasteiger partial charge in [0, 0.05) is 0 Å². The summed E-state index contributed by atoms with van der Waals surface area (Å²) in [7, 11) is -0.531. The Labute approximate surface area is 345 Å². The molecule has 0 aromatic heterocycles. The maximum atomic E-state index is 13.7. The summed E-state index contributed by atoms with van der Waals surface area (Å²) >= 11 is 0. The fraction of sp³-hybridized carbons (Fsp3) is 0.605. The number of carbonyl (C=O) groups is 5. The van der Waals surface area contributed by atoms with Crippen molar-refractivity contribution >= 4 is 37.2 Å². The van der Waals surface area contributed by atoms with Crippen LogP contribution < -0.4 is 14.8 Å². The van der Waals surface area contributed by atoms with E-state index in [4.69, 9.17) is 33.0 Å². The summed E-state index contributed by atoms with van der Waals surface area (Å²) in [6, 6.07) is 10.8. The van der Waals surface area contributed by atoms with E-state index in [1.807, 2.05) is 6.07 Å². The molecule has 3 saturated carbocycles. The Morgan fingerprint density at radius 3 is 2.25 bits per heavy atom. The van der Waals surface area contributed by atoms with Gasteiger partial charge in [-0.1, -0.05) is 50.2 Å². The smallest absolute Gasteiger partial charge is 0.486 e. The first kappa shape index (κ1) is 43.7. The van der Waals surface area contributed by atoms with E-state index in [2.05, 4.69) is 26.1 Å².